The molecule has 2 aromatic carbocycles. The third kappa shape index (κ3) is 2.65. The van der Waals surface area contributed by atoms with E-state index in [0.717, 1.165) is 15.6 Å². The Hall–Kier alpha value is -2.78. The van der Waals surface area contributed by atoms with Crippen LogP contribution in [-0.4, -0.2) is 36.1 Å². The van der Waals surface area contributed by atoms with Crippen LogP contribution in [0.25, 0.3) is 21.5 Å². The average Bonchev–Trinajstić information content (AvgIpc) is 3.30. The van der Waals surface area contributed by atoms with Crippen LogP contribution in [0.2, 0.25) is 0 Å². The van der Waals surface area contributed by atoms with Gasteiger partial charge >= 0.3 is 0 Å². The number of thiophene rings is 1. The Morgan fingerprint density at radius 2 is 1.92 bits per heavy atom. The average molecular weight is 385 g/mol. The van der Waals surface area contributed by atoms with Gasteiger partial charge in [0.2, 0.25) is 5.82 Å². The number of aromatic amines is 1. The number of benzene rings is 2. The van der Waals surface area contributed by atoms with Gasteiger partial charge in [-0.3, -0.25) is 4.31 Å². The van der Waals surface area contributed by atoms with Gasteiger partial charge in [-0.15, -0.1) is 21.5 Å². The number of anilines is 1. The van der Waals surface area contributed by atoms with Crippen molar-refractivity contribution in [2.75, 3.05) is 11.4 Å². The lowest BCUT2D eigenvalue weighted by Gasteiger charge is -2.19. The van der Waals surface area contributed by atoms with Gasteiger partial charge in [-0.05, 0) is 41.3 Å². The molecule has 0 aliphatic rings. The van der Waals surface area contributed by atoms with Crippen LogP contribution >= 0.6 is 11.3 Å². The normalized spacial score (nSPS) is 11.8. The summed E-state index contributed by atoms with van der Waals surface area (Å²) in [5.74, 6) is 0.413. The summed E-state index contributed by atoms with van der Waals surface area (Å²) in [7, 11) is -2.13. The molecule has 0 radical (unpaired) electrons. The van der Waals surface area contributed by atoms with Crippen molar-refractivity contribution in [1.82, 2.24) is 20.6 Å². The molecule has 26 heavy (non-hydrogen) atoms. The number of hydrogen-bond acceptors (Lipinski definition) is 6. The molecule has 0 spiro atoms. The topological polar surface area (TPSA) is 91.8 Å². The molecule has 4 rings (SSSR count). The van der Waals surface area contributed by atoms with Gasteiger partial charge in [0.15, 0.2) is 0 Å². The van der Waals surface area contributed by atoms with Crippen LogP contribution < -0.4 is 4.31 Å². The summed E-state index contributed by atoms with van der Waals surface area (Å²) in [6.45, 7) is 1.84. The number of tetrazole rings is 1. The molecule has 4 aromatic rings. The van der Waals surface area contributed by atoms with Crippen molar-refractivity contribution in [3.8, 4) is 11.4 Å². The Balaban J connectivity index is 1.78. The number of aromatic nitrogens is 4. The molecule has 9 heteroatoms. The molecule has 0 saturated heterocycles. The van der Waals surface area contributed by atoms with Crippen LogP contribution in [0.1, 0.15) is 5.56 Å². The monoisotopic (exact) mass is 385 g/mol. The van der Waals surface area contributed by atoms with Crippen LogP contribution in [0.4, 0.5) is 5.69 Å². The lowest BCUT2D eigenvalue weighted by molar-refractivity contribution is 0.596. The van der Waals surface area contributed by atoms with E-state index >= 15 is 0 Å². The minimum atomic E-state index is -3.68. The van der Waals surface area contributed by atoms with E-state index in [-0.39, 0.29) is 0 Å². The maximum Gasteiger partial charge on any atom is 0.273 e. The van der Waals surface area contributed by atoms with Crippen molar-refractivity contribution < 1.29 is 8.42 Å². The summed E-state index contributed by atoms with van der Waals surface area (Å²) >= 11 is 1.29. The van der Waals surface area contributed by atoms with E-state index in [1.165, 1.54) is 15.6 Å². The molecule has 0 atom stereocenters. The Morgan fingerprint density at radius 1 is 1.12 bits per heavy atom. The molecular formula is C17H15N5O2S2. The van der Waals surface area contributed by atoms with E-state index < -0.39 is 10.0 Å². The van der Waals surface area contributed by atoms with Gasteiger partial charge in [-0.2, -0.15) is 5.21 Å². The molecule has 0 aliphatic heterocycles. The maximum atomic E-state index is 13.2. The molecule has 132 valence electrons. The molecule has 7 nitrogen and oxygen atoms in total. The summed E-state index contributed by atoms with van der Waals surface area (Å²) in [5, 5.41) is 14.8. The second-order valence-electron chi connectivity index (χ2n) is 5.77. The first-order valence-electron chi connectivity index (χ1n) is 7.79. The number of nitrogens with zero attached hydrogens (tertiary/aromatic N) is 4. The van der Waals surface area contributed by atoms with Crippen LogP contribution in [0.5, 0.6) is 0 Å². The summed E-state index contributed by atoms with van der Waals surface area (Å²) < 4.78 is 29.0. The minimum absolute atomic E-state index is 0.353. The van der Waals surface area contributed by atoms with Crippen LogP contribution in [0.3, 0.4) is 0 Å². The lowest BCUT2D eigenvalue weighted by atomic mass is 10.2. The highest BCUT2D eigenvalue weighted by Gasteiger charge is 2.27. The number of sulfonamides is 1. The van der Waals surface area contributed by atoms with Crippen molar-refractivity contribution in [3.05, 3.63) is 54.1 Å². The molecule has 0 amide bonds. The highest BCUT2D eigenvalue weighted by atomic mass is 32.2. The highest BCUT2D eigenvalue weighted by Crippen LogP contribution is 2.36. The minimum Gasteiger partial charge on any atom is -0.269 e. The van der Waals surface area contributed by atoms with E-state index in [1.807, 2.05) is 31.2 Å². The summed E-state index contributed by atoms with van der Waals surface area (Å²) in [6, 6.07) is 14.7. The molecule has 0 aliphatic carbocycles. The second kappa shape index (κ2) is 6.19. The Bertz CT molecular complexity index is 1180. The summed E-state index contributed by atoms with van der Waals surface area (Å²) in [5.41, 5.74) is 1.99. The maximum absolute atomic E-state index is 13.2. The standard InChI is InChI=1S/C17H15N5O2S2/c1-11-14-8-3-4-9-15(14)25-17(11)26(23,24)22(2)13-7-5-6-12(10-13)16-18-20-21-19-16/h3-10H,1-2H3,(H,18,19,20,21). The fraction of sp³-hybridized carbons (Fsp3) is 0.118. The molecule has 0 unspecified atom stereocenters. The van der Waals surface area contributed by atoms with Crippen molar-refractivity contribution in [2.45, 2.75) is 11.1 Å². The zero-order valence-corrected chi connectivity index (χ0v) is 15.7. The molecule has 0 fully saturated rings. The molecule has 2 heterocycles. The number of hydrogen-bond donors (Lipinski definition) is 1. The zero-order chi connectivity index (χ0) is 18.3. The quantitative estimate of drug-likeness (QED) is 0.582. The van der Waals surface area contributed by atoms with Gasteiger partial charge in [-0.25, -0.2) is 8.42 Å². The largest absolute Gasteiger partial charge is 0.273 e. The second-order valence-corrected chi connectivity index (χ2v) is 8.99. The highest BCUT2D eigenvalue weighted by molar-refractivity contribution is 7.95. The molecule has 2 aromatic heterocycles. The van der Waals surface area contributed by atoms with E-state index in [0.29, 0.717) is 21.3 Å². The summed E-state index contributed by atoms with van der Waals surface area (Å²) in [4.78, 5) is 0. The molecule has 0 saturated carbocycles. The number of fused-ring (bicyclic) bond motifs is 1. The lowest BCUT2D eigenvalue weighted by Crippen LogP contribution is -2.26. The van der Waals surface area contributed by atoms with Crippen LogP contribution in [0, 0.1) is 6.92 Å². The smallest absolute Gasteiger partial charge is 0.269 e. The SMILES string of the molecule is Cc1c(S(=O)(=O)N(C)c2cccc(-c3nn[nH]n3)c2)sc2ccccc12. The molecule has 1 N–H and O–H groups in total. The summed E-state index contributed by atoms with van der Waals surface area (Å²) in [6.07, 6.45) is 0. The van der Waals surface area contributed by atoms with Crippen molar-refractivity contribution in [1.29, 1.82) is 0 Å². The van der Waals surface area contributed by atoms with E-state index in [4.69, 9.17) is 0 Å². The van der Waals surface area contributed by atoms with Crippen molar-refractivity contribution in [2.24, 2.45) is 0 Å². The predicted octanol–water partition coefficient (Wildman–Crippen LogP) is 3.21. The number of H-pyrrole nitrogens is 1. The van der Waals surface area contributed by atoms with Crippen LogP contribution in [-0.2, 0) is 10.0 Å². The number of aryl methyl sites for hydroxylation is 1. The van der Waals surface area contributed by atoms with Gasteiger partial charge in [0.1, 0.15) is 4.21 Å². The van der Waals surface area contributed by atoms with Gasteiger partial charge < -0.3 is 0 Å². The third-order valence-corrected chi connectivity index (χ3v) is 7.86. The Kier molecular flexibility index (Phi) is 3.97. The van der Waals surface area contributed by atoms with Gasteiger partial charge in [0.05, 0.1) is 5.69 Å². The van der Waals surface area contributed by atoms with Crippen LogP contribution in [0.15, 0.2) is 52.7 Å². The Labute approximate surface area is 154 Å². The van der Waals surface area contributed by atoms with Crippen molar-refractivity contribution in [3.63, 3.8) is 0 Å². The predicted molar refractivity (Wildman–Crippen MR) is 102 cm³/mol. The number of nitrogens with one attached hydrogen (secondary N) is 1. The third-order valence-electron chi connectivity index (χ3n) is 4.21. The van der Waals surface area contributed by atoms with E-state index in [2.05, 4.69) is 20.6 Å². The van der Waals surface area contributed by atoms with Gasteiger partial charge in [0, 0.05) is 17.3 Å². The molecular weight excluding hydrogens is 370 g/mol. The fourth-order valence-corrected chi connectivity index (χ4v) is 5.89. The number of rotatable bonds is 4. The first kappa shape index (κ1) is 16.7. The van der Waals surface area contributed by atoms with E-state index in [9.17, 15) is 8.42 Å². The first-order chi connectivity index (χ1) is 12.5. The van der Waals surface area contributed by atoms with Gasteiger partial charge in [-0.1, -0.05) is 30.3 Å². The zero-order valence-electron chi connectivity index (χ0n) is 14.0. The first-order valence-corrected chi connectivity index (χ1v) is 10.0. The van der Waals surface area contributed by atoms with E-state index in [1.54, 1.807) is 31.3 Å². The molecule has 0 bridgehead atoms. The fourth-order valence-electron chi connectivity index (χ4n) is 2.79. The van der Waals surface area contributed by atoms with Gasteiger partial charge in [0.25, 0.3) is 10.0 Å². The van der Waals surface area contributed by atoms with Crippen molar-refractivity contribution >= 4 is 37.1 Å². The Morgan fingerprint density at radius 3 is 2.65 bits per heavy atom.